The monoisotopic (exact) mass is 463 g/mol. The van der Waals surface area contributed by atoms with Crippen LogP contribution in [0.25, 0.3) is 33.4 Å². The zero-order chi connectivity index (χ0) is 24.7. The van der Waals surface area contributed by atoms with E-state index in [2.05, 4.69) is 53.3 Å². The summed E-state index contributed by atoms with van der Waals surface area (Å²) in [7, 11) is 3.98. The number of fused-ring (bicyclic) bond motifs is 1. The minimum atomic E-state index is -0.0132. The van der Waals surface area contributed by atoms with Crippen molar-refractivity contribution in [1.29, 1.82) is 0 Å². The van der Waals surface area contributed by atoms with E-state index in [1.165, 1.54) is 0 Å². The highest BCUT2D eigenvalue weighted by Gasteiger charge is 2.21. The Hall–Kier alpha value is -4.19. The molecule has 6 heteroatoms. The van der Waals surface area contributed by atoms with Gasteiger partial charge in [-0.15, -0.1) is 0 Å². The number of nitrogen functional groups attached to an aromatic ring is 1. The van der Waals surface area contributed by atoms with E-state index in [9.17, 15) is 0 Å². The number of anilines is 2. The molecule has 35 heavy (non-hydrogen) atoms. The van der Waals surface area contributed by atoms with Gasteiger partial charge in [0.15, 0.2) is 0 Å². The van der Waals surface area contributed by atoms with Gasteiger partial charge in [0.2, 0.25) is 0 Å². The Morgan fingerprint density at radius 2 is 1.71 bits per heavy atom. The van der Waals surface area contributed by atoms with Crippen LogP contribution < -0.4 is 10.6 Å². The van der Waals surface area contributed by atoms with Crippen molar-refractivity contribution in [3.05, 3.63) is 89.6 Å². The van der Waals surface area contributed by atoms with Crippen LogP contribution in [0, 0.1) is 13.8 Å². The number of aromatic nitrogens is 3. The molecule has 2 aromatic carbocycles. The molecule has 2 N–H and O–H groups in total. The van der Waals surface area contributed by atoms with Crippen LogP contribution in [0.2, 0.25) is 0 Å². The van der Waals surface area contributed by atoms with Crippen LogP contribution in [-0.2, 0) is 0 Å². The van der Waals surface area contributed by atoms with Crippen molar-refractivity contribution in [2.24, 2.45) is 0 Å². The van der Waals surface area contributed by atoms with Crippen LogP contribution in [0.15, 0.2) is 71.5 Å². The van der Waals surface area contributed by atoms with Crippen molar-refractivity contribution < 1.29 is 4.42 Å². The topological polar surface area (TPSA) is 81.1 Å². The molecule has 0 radical (unpaired) electrons. The average molecular weight is 464 g/mol. The molecule has 5 rings (SSSR count). The summed E-state index contributed by atoms with van der Waals surface area (Å²) in [4.78, 5) is 15.9. The van der Waals surface area contributed by atoms with Crippen LogP contribution in [0.4, 0.5) is 11.6 Å². The minimum Gasteiger partial charge on any atom is -0.464 e. The van der Waals surface area contributed by atoms with E-state index in [1.807, 2.05) is 57.2 Å². The summed E-state index contributed by atoms with van der Waals surface area (Å²) in [6, 6.07) is 18.8. The number of nitrogens with zero attached hydrogens (tertiary/aromatic N) is 4. The molecule has 3 aromatic heterocycles. The molecule has 0 unspecified atom stereocenters. The molecule has 0 saturated carbocycles. The van der Waals surface area contributed by atoms with E-state index >= 15 is 0 Å². The third-order valence-electron chi connectivity index (χ3n) is 6.49. The van der Waals surface area contributed by atoms with E-state index in [0.29, 0.717) is 11.6 Å². The Morgan fingerprint density at radius 1 is 0.914 bits per heavy atom. The van der Waals surface area contributed by atoms with Gasteiger partial charge in [0.1, 0.15) is 23.0 Å². The zero-order valence-electron chi connectivity index (χ0n) is 20.7. The average Bonchev–Trinajstić information content (AvgIpc) is 3.23. The molecule has 1 atom stereocenters. The Morgan fingerprint density at radius 3 is 2.46 bits per heavy atom. The molecule has 3 heterocycles. The SMILES string of the molecule is Cc1nc(N)c([C@@H](C)c2cccc(-c3ccc(N(C)C)nc3)c2)c(-c2ccc3occ(C)c3c2)n1. The molecule has 0 bridgehead atoms. The highest BCUT2D eigenvalue weighted by atomic mass is 16.3. The first-order valence-corrected chi connectivity index (χ1v) is 11.7. The van der Waals surface area contributed by atoms with Gasteiger partial charge in [-0.3, -0.25) is 0 Å². The first kappa shape index (κ1) is 22.6. The van der Waals surface area contributed by atoms with Crippen molar-refractivity contribution in [1.82, 2.24) is 15.0 Å². The predicted molar refractivity (Wildman–Crippen MR) is 143 cm³/mol. The van der Waals surface area contributed by atoms with Gasteiger partial charge in [0.25, 0.3) is 0 Å². The normalized spacial score (nSPS) is 12.1. The first-order chi connectivity index (χ1) is 16.8. The molecule has 5 aromatic rings. The van der Waals surface area contributed by atoms with E-state index in [1.54, 1.807) is 6.26 Å². The smallest absolute Gasteiger partial charge is 0.134 e. The van der Waals surface area contributed by atoms with Crippen LogP contribution in [0.1, 0.15) is 35.4 Å². The fourth-order valence-electron chi connectivity index (χ4n) is 4.53. The third kappa shape index (κ3) is 4.23. The molecular formula is C29H29N5O. The highest BCUT2D eigenvalue weighted by molar-refractivity contribution is 5.86. The molecule has 176 valence electrons. The lowest BCUT2D eigenvalue weighted by Crippen LogP contribution is -2.10. The maximum absolute atomic E-state index is 6.53. The van der Waals surface area contributed by atoms with E-state index in [4.69, 9.17) is 15.1 Å². The van der Waals surface area contributed by atoms with E-state index < -0.39 is 0 Å². The van der Waals surface area contributed by atoms with Gasteiger partial charge in [-0.25, -0.2) is 15.0 Å². The van der Waals surface area contributed by atoms with Crippen LogP contribution in [-0.4, -0.2) is 29.0 Å². The Balaban J connectivity index is 1.58. The lowest BCUT2D eigenvalue weighted by atomic mass is 9.88. The van der Waals surface area contributed by atoms with Crippen molar-refractivity contribution in [3.63, 3.8) is 0 Å². The van der Waals surface area contributed by atoms with Gasteiger partial charge in [-0.2, -0.15) is 0 Å². The Labute approximate surface area is 205 Å². The second kappa shape index (κ2) is 8.87. The molecule has 0 aliphatic heterocycles. The second-order valence-electron chi connectivity index (χ2n) is 9.19. The first-order valence-electron chi connectivity index (χ1n) is 11.7. The number of benzene rings is 2. The molecule has 0 amide bonds. The van der Waals surface area contributed by atoms with Crippen molar-refractivity contribution in [3.8, 4) is 22.4 Å². The minimum absolute atomic E-state index is 0.0132. The molecule has 0 fully saturated rings. The molecule has 0 aliphatic carbocycles. The molecule has 0 saturated heterocycles. The predicted octanol–water partition coefficient (Wildman–Crippen LogP) is 6.37. The van der Waals surface area contributed by atoms with Crippen molar-refractivity contribution in [2.75, 3.05) is 24.7 Å². The fraction of sp³-hybridized carbons (Fsp3) is 0.207. The maximum Gasteiger partial charge on any atom is 0.134 e. The summed E-state index contributed by atoms with van der Waals surface area (Å²) < 4.78 is 5.64. The van der Waals surface area contributed by atoms with Gasteiger partial charge in [-0.05, 0) is 60.9 Å². The number of furan rings is 1. The number of rotatable bonds is 5. The van der Waals surface area contributed by atoms with Crippen LogP contribution in [0.5, 0.6) is 0 Å². The molecule has 0 spiro atoms. The van der Waals surface area contributed by atoms with E-state index in [0.717, 1.165) is 55.9 Å². The number of pyridine rings is 1. The molecule has 0 aliphatic rings. The van der Waals surface area contributed by atoms with Gasteiger partial charge < -0.3 is 15.1 Å². The van der Waals surface area contributed by atoms with Crippen molar-refractivity contribution in [2.45, 2.75) is 26.7 Å². The maximum atomic E-state index is 6.53. The quantitative estimate of drug-likeness (QED) is 0.326. The standard InChI is InChI=1S/C29H29N5O/c1-17-16-35-25-11-9-22(14-24(17)25)28-27(29(30)33-19(3)32-28)18(2)20-7-6-8-21(13-20)23-10-12-26(31-15-23)34(4)5/h6-16,18H,1-5H3,(H2,30,32,33)/t18-/m0/s1. The summed E-state index contributed by atoms with van der Waals surface area (Å²) in [6.07, 6.45) is 3.69. The number of nitrogens with two attached hydrogens (primary N) is 1. The number of aryl methyl sites for hydroxylation is 2. The lowest BCUT2D eigenvalue weighted by molar-refractivity contribution is 0.613. The number of hydrogen-bond donors (Lipinski definition) is 1. The largest absolute Gasteiger partial charge is 0.464 e. The third-order valence-corrected chi connectivity index (χ3v) is 6.49. The Bertz CT molecular complexity index is 1520. The molecule has 6 nitrogen and oxygen atoms in total. The van der Waals surface area contributed by atoms with Gasteiger partial charge in [0.05, 0.1) is 12.0 Å². The fourth-order valence-corrected chi connectivity index (χ4v) is 4.53. The van der Waals surface area contributed by atoms with Gasteiger partial charge in [-0.1, -0.05) is 31.2 Å². The zero-order valence-corrected chi connectivity index (χ0v) is 20.7. The van der Waals surface area contributed by atoms with Gasteiger partial charge in [0, 0.05) is 48.3 Å². The summed E-state index contributed by atoms with van der Waals surface area (Å²) in [5.74, 6) is 2.07. The van der Waals surface area contributed by atoms with Crippen molar-refractivity contribution >= 4 is 22.6 Å². The summed E-state index contributed by atoms with van der Waals surface area (Å²) in [5.41, 5.74) is 14.6. The number of hydrogen-bond acceptors (Lipinski definition) is 6. The second-order valence-corrected chi connectivity index (χ2v) is 9.19. The molecular weight excluding hydrogens is 434 g/mol. The van der Waals surface area contributed by atoms with E-state index in [-0.39, 0.29) is 5.92 Å². The lowest BCUT2D eigenvalue weighted by Gasteiger charge is -2.20. The summed E-state index contributed by atoms with van der Waals surface area (Å²) in [6.45, 7) is 6.08. The summed E-state index contributed by atoms with van der Waals surface area (Å²) in [5, 5.41) is 1.08. The van der Waals surface area contributed by atoms with Crippen LogP contribution >= 0.6 is 0 Å². The van der Waals surface area contributed by atoms with Crippen LogP contribution in [0.3, 0.4) is 0 Å². The highest BCUT2D eigenvalue weighted by Crippen LogP contribution is 2.38. The Kier molecular flexibility index (Phi) is 5.73. The van der Waals surface area contributed by atoms with Gasteiger partial charge >= 0.3 is 0 Å². The summed E-state index contributed by atoms with van der Waals surface area (Å²) >= 11 is 0.